The fourth-order valence-electron chi connectivity index (χ4n) is 2.34. The Hall–Kier alpha value is -1.33. The van der Waals surface area contributed by atoms with Gasteiger partial charge in [-0.2, -0.15) is 5.10 Å². The molecule has 0 spiro atoms. The number of aryl methyl sites for hydroxylation is 3. The molecule has 1 aliphatic rings. The highest BCUT2D eigenvalue weighted by atomic mass is 79.9. The molecule has 1 N–H and O–H groups in total. The SMILES string of the molecule is Cc1ccc(Oc2c(CNC3CC3)c(C)nn2C)c(Br)c1. The van der Waals surface area contributed by atoms with Crippen molar-refractivity contribution in [3.63, 3.8) is 0 Å². The Labute approximate surface area is 133 Å². The summed E-state index contributed by atoms with van der Waals surface area (Å²) in [5.41, 5.74) is 3.35. The van der Waals surface area contributed by atoms with Crippen molar-refractivity contribution in [2.24, 2.45) is 7.05 Å². The molecule has 0 bridgehead atoms. The number of nitrogens with zero attached hydrogens (tertiary/aromatic N) is 2. The number of hydrogen-bond acceptors (Lipinski definition) is 3. The van der Waals surface area contributed by atoms with E-state index in [9.17, 15) is 0 Å². The zero-order valence-corrected chi connectivity index (χ0v) is 14.2. The highest BCUT2D eigenvalue weighted by Gasteiger charge is 2.23. The van der Waals surface area contributed by atoms with Crippen molar-refractivity contribution in [3.8, 4) is 11.6 Å². The number of rotatable bonds is 5. The minimum absolute atomic E-state index is 0.670. The maximum absolute atomic E-state index is 6.11. The van der Waals surface area contributed by atoms with Crippen molar-refractivity contribution >= 4 is 15.9 Å². The monoisotopic (exact) mass is 349 g/mol. The van der Waals surface area contributed by atoms with Crippen LogP contribution in [0.3, 0.4) is 0 Å². The van der Waals surface area contributed by atoms with E-state index in [1.165, 1.54) is 18.4 Å². The number of aromatic nitrogens is 2. The van der Waals surface area contributed by atoms with Gasteiger partial charge in [-0.15, -0.1) is 0 Å². The van der Waals surface area contributed by atoms with E-state index in [1.54, 1.807) is 0 Å². The first kappa shape index (κ1) is 14.6. The molecule has 2 aromatic rings. The Balaban J connectivity index is 1.86. The summed E-state index contributed by atoms with van der Waals surface area (Å²) in [6.07, 6.45) is 2.55. The lowest BCUT2D eigenvalue weighted by molar-refractivity contribution is 0.421. The van der Waals surface area contributed by atoms with E-state index in [0.29, 0.717) is 6.04 Å². The fourth-order valence-corrected chi connectivity index (χ4v) is 2.91. The molecule has 0 unspecified atom stereocenters. The molecule has 0 saturated heterocycles. The third kappa shape index (κ3) is 3.30. The Morgan fingerprint density at radius 1 is 1.38 bits per heavy atom. The van der Waals surface area contributed by atoms with Gasteiger partial charge in [0.1, 0.15) is 5.75 Å². The minimum atomic E-state index is 0.670. The molecule has 21 heavy (non-hydrogen) atoms. The number of nitrogens with one attached hydrogen (secondary N) is 1. The first-order valence-corrected chi connectivity index (χ1v) is 8.03. The van der Waals surface area contributed by atoms with Crippen LogP contribution in [0.15, 0.2) is 22.7 Å². The van der Waals surface area contributed by atoms with E-state index in [2.05, 4.69) is 39.3 Å². The van der Waals surface area contributed by atoms with Crippen molar-refractivity contribution in [1.82, 2.24) is 15.1 Å². The second-order valence-corrected chi connectivity index (χ2v) is 6.54. The zero-order valence-electron chi connectivity index (χ0n) is 12.6. The lowest BCUT2D eigenvalue weighted by atomic mass is 10.2. The lowest BCUT2D eigenvalue weighted by Crippen LogP contribution is -2.16. The van der Waals surface area contributed by atoms with Gasteiger partial charge in [0.25, 0.3) is 0 Å². The van der Waals surface area contributed by atoms with E-state index < -0.39 is 0 Å². The van der Waals surface area contributed by atoms with E-state index in [-0.39, 0.29) is 0 Å². The molecular formula is C16H20BrN3O. The molecule has 0 amide bonds. The topological polar surface area (TPSA) is 39.1 Å². The summed E-state index contributed by atoms with van der Waals surface area (Å²) in [5, 5.41) is 8.02. The molecule has 5 heteroatoms. The summed E-state index contributed by atoms with van der Waals surface area (Å²) in [5.74, 6) is 1.63. The van der Waals surface area contributed by atoms with E-state index in [4.69, 9.17) is 4.74 Å². The molecule has 3 rings (SSSR count). The molecule has 0 radical (unpaired) electrons. The van der Waals surface area contributed by atoms with Crippen LogP contribution in [0.4, 0.5) is 0 Å². The molecule has 1 saturated carbocycles. The van der Waals surface area contributed by atoms with Gasteiger partial charge in [-0.3, -0.25) is 0 Å². The average molecular weight is 350 g/mol. The maximum Gasteiger partial charge on any atom is 0.222 e. The second kappa shape index (κ2) is 5.81. The summed E-state index contributed by atoms with van der Waals surface area (Å²) in [7, 11) is 1.92. The minimum Gasteiger partial charge on any atom is -0.438 e. The van der Waals surface area contributed by atoms with Gasteiger partial charge in [0.2, 0.25) is 5.88 Å². The third-order valence-electron chi connectivity index (χ3n) is 3.73. The van der Waals surface area contributed by atoms with Gasteiger partial charge in [-0.1, -0.05) is 6.07 Å². The maximum atomic E-state index is 6.11. The van der Waals surface area contributed by atoms with Gasteiger partial charge in [0, 0.05) is 19.6 Å². The average Bonchev–Trinajstić information content (AvgIpc) is 3.19. The summed E-state index contributed by atoms with van der Waals surface area (Å²) in [6, 6.07) is 6.76. The van der Waals surface area contributed by atoms with Crippen LogP contribution in [0.25, 0.3) is 0 Å². The molecule has 4 nitrogen and oxygen atoms in total. The van der Waals surface area contributed by atoms with Crippen LogP contribution >= 0.6 is 15.9 Å². The van der Waals surface area contributed by atoms with Crippen LogP contribution in [0.5, 0.6) is 11.6 Å². The highest BCUT2D eigenvalue weighted by molar-refractivity contribution is 9.10. The van der Waals surface area contributed by atoms with E-state index >= 15 is 0 Å². The highest BCUT2D eigenvalue weighted by Crippen LogP contribution is 2.33. The predicted molar refractivity (Wildman–Crippen MR) is 86.8 cm³/mol. The van der Waals surface area contributed by atoms with Gasteiger partial charge in [0.15, 0.2) is 0 Å². The molecule has 1 aromatic carbocycles. The van der Waals surface area contributed by atoms with Gasteiger partial charge in [-0.05, 0) is 60.3 Å². The quantitative estimate of drug-likeness (QED) is 0.891. The van der Waals surface area contributed by atoms with Crippen molar-refractivity contribution in [2.75, 3.05) is 0 Å². The molecule has 1 heterocycles. The van der Waals surface area contributed by atoms with Crippen molar-refractivity contribution in [2.45, 2.75) is 39.3 Å². The first-order valence-electron chi connectivity index (χ1n) is 7.24. The lowest BCUT2D eigenvalue weighted by Gasteiger charge is -2.11. The van der Waals surface area contributed by atoms with Crippen LogP contribution < -0.4 is 10.1 Å². The molecule has 0 atom stereocenters. The standard InChI is InChI=1S/C16H20BrN3O/c1-10-4-7-15(14(17)8-10)21-16-13(9-18-12-5-6-12)11(2)19-20(16)3/h4,7-8,12,18H,5-6,9H2,1-3H3. The molecule has 1 fully saturated rings. The van der Waals surface area contributed by atoms with Crippen molar-refractivity contribution < 1.29 is 4.74 Å². The Morgan fingerprint density at radius 2 is 2.14 bits per heavy atom. The van der Waals surface area contributed by atoms with Crippen molar-refractivity contribution in [3.05, 3.63) is 39.5 Å². The predicted octanol–water partition coefficient (Wildman–Crippen LogP) is 3.84. The largest absolute Gasteiger partial charge is 0.438 e. The van der Waals surface area contributed by atoms with Gasteiger partial charge in [-0.25, -0.2) is 4.68 Å². The number of halogens is 1. The summed E-state index contributed by atoms with van der Waals surface area (Å²) in [4.78, 5) is 0. The van der Waals surface area contributed by atoms with Gasteiger partial charge in [0.05, 0.1) is 15.7 Å². The summed E-state index contributed by atoms with van der Waals surface area (Å²) in [6.45, 7) is 4.90. The Kier molecular flexibility index (Phi) is 4.04. The second-order valence-electron chi connectivity index (χ2n) is 5.68. The molecule has 112 valence electrons. The Bertz CT molecular complexity index is 662. The molecule has 1 aromatic heterocycles. The first-order chi connectivity index (χ1) is 10.0. The van der Waals surface area contributed by atoms with E-state index in [0.717, 1.165) is 33.9 Å². The molecular weight excluding hydrogens is 330 g/mol. The van der Waals surface area contributed by atoms with Crippen LogP contribution in [-0.4, -0.2) is 15.8 Å². The van der Waals surface area contributed by atoms with E-state index in [1.807, 2.05) is 30.8 Å². The number of ether oxygens (including phenoxy) is 1. The number of hydrogen-bond donors (Lipinski definition) is 1. The van der Waals surface area contributed by atoms with Crippen LogP contribution in [-0.2, 0) is 13.6 Å². The molecule has 0 aliphatic heterocycles. The van der Waals surface area contributed by atoms with Gasteiger partial charge < -0.3 is 10.1 Å². The van der Waals surface area contributed by atoms with Crippen LogP contribution in [0.2, 0.25) is 0 Å². The third-order valence-corrected chi connectivity index (χ3v) is 4.35. The number of benzene rings is 1. The van der Waals surface area contributed by atoms with Crippen LogP contribution in [0.1, 0.15) is 29.7 Å². The van der Waals surface area contributed by atoms with Crippen molar-refractivity contribution in [1.29, 1.82) is 0 Å². The zero-order chi connectivity index (χ0) is 15.0. The summed E-state index contributed by atoms with van der Waals surface area (Å²) >= 11 is 3.56. The smallest absolute Gasteiger partial charge is 0.222 e. The molecule has 1 aliphatic carbocycles. The van der Waals surface area contributed by atoms with Crippen LogP contribution in [0, 0.1) is 13.8 Å². The fraction of sp³-hybridized carbons (Fsp3) is 0.438. The normalized spacial score (nSPS) is 14.5. The Morgan fingerprint density at radius 3 is 2.81 bits per heavy atom. The summed E-state index contributed by atoms with van der Waals surface area (Å²) < 4.78 is 8.88. The van der Waals surface area contributed by atoms with Gasteiger partial charge >= 0.3 is 0 Å².